The standard InChI is InChI=1S/C16H23N3O5/c1-10(16(22)23)19(9-8-17-11(2)20)15(21)14-12-6-4-3-5-7-13(12)24-18-14/h10H,3-9H2,1-2H3,(H,17,20)(H,22,23). The van der Waals surface area contributed by atoms with E-state index < -0.39 is 17.9 Å². The molecule has 8 nitrogen and oxygen atoms in total. The summed E-state index contributed by atoms with van der Waals surface area (Å²) >= 11 is 0. The van der Waals surface area contributed by atoms with Gasteiger partial charge in [0.25, 0.3) is 5.91 Å². The molecular weight excluding hydrogens is 314 g/mol. The molecular formula is C16H23N3O5. The van der Waals surface area contributed by atoms with Crippen LogP contribution >= 0.6 is 0 Å². The summed E-state index contributed by atoms with van der Waals surface area (Å²) in [4.78, 5) is 36.4. The van der Waals surface area contributed by atoms with Crippen LogP contribution in [-0.2, 0) is 22.4 Å². The van der Waals surface area contributed by atoms with E-state index in [4.69, 9.17) is 4.52 Å². The fourth-order valence-electron chi connectivity index (χ4n) is 2.82. The molecule has 1 atom stereocenters. The van der Waals surface area contributed by atoms with E-state index >= 15 is 0 Å². The molecule has 132 valence electrons. The van der Waals surface area contributed by atoms with E-state index in [1.165, 1.54) is 18.7 Å². The Labute approximate surface area is 140 Å². The van der Waals surface area contributed by atoms with Crippen molar-refractivity contribution >= 4 is 17.8 Å². The highest BCUT2D eigenvalue weighted by atomic mass is 16.5. The first-order valence-corrected chi connectivity index (χ1v) is 8.17. The summed E-state index contributed by atoms with van der Waals surface area (Å²) in [5.74, 6) is -1.09. The molecule has 2 amide bonds. The van der Waals surface area contributed by atoms with Crippen molar-refractivity contribution in [3.8, 4) is 0 Å². The number of carboxylic acids is 1. The fourth-order valence-corrected chi connectivity index (χ4v) is 2.82. The van der Waals surface area contributed by atoms with Gasteiger partial charge in [0.05, 0.1) is 0 Å². The van der Waals surface area contributed by atoms with Gasteiger partial charge in [0, 0.05) is 32.0 Å². The second kappa shape index (κ2) is 7.94. The maximum absolute atomic E-state index is 12.8. The lowest BCUT2D eigenvalue weighted by Gasteiger charge is -2.26. The van der Waals surface area contributed by atoms with Gasteiger partial charge in [0.2, 0.25) is 5.91 Å². The van der Waals surface area contributed by atoms with Gasteiger partial charge in [0.1, 0.15) is 11.8 Å². The molecule has 1 aromatic heterocycles. The van der Waals surface area contributed by atoms with Crippen LogP contribution < -0.4 is 5.32 Å². The normalized spacial score (nSPS) is 15.1. The zero-order valence-electron chi connectivity index (χ0n) is 14.0. The van der Waals surface area contributed by atoms with Crippen LogP contribution in [0.5, 0.6) is 0 Å². The summed E-state index contributed by atoms with van der Waals surface area (Å²) in [6.45, 7) is 3.07. The van der Waals surface area contributed by atoms with Crippen LogP contribution in [0.15, 0.2) is 4.52 Å². The summed E-state index contributed by atoms with van der Waals surface area (Å²) in [5.41, 5.74) is 0.988. The first kappa shape index (κ1) is 18.0. The van der Waals surface area contributed by atoms with Gasteiger partial charge in [-0.05, 0) is 26.2 Å². The Morgan fingerprint density at radius 1 is 1.29 bits per heavy atom. The third kappa shape index (κ3) is 4.12. The quantitative estimate of drug-likeness (QED) is 0.749. The van der Waals surface area contributed by atoms with E-state index in [9.17, 15) is 19.5 Å². The highest BCUT2D eigenvalue weighted by Crippen LogP contribution is 2.25. The first-order chi connectivity index (χ1) is 11.4. The monoisotopic (exact) mass is 337 g/mol. The maximum atomic E-state index is 12.8. The molecule has 0 aromatic carbocycles. The molecule has 0 aliphatic heterocycles. The van der Waals surface area contributed by atoms with E-state index in [1.807, 2.05) is 0 Å². The molecule has 2 N–H and O–H groups in total. The van der Waals surface area contributed by atoms with Gasteiger partial charge in [0.15, 0.2) is 5.69 Å². The molecule has 1 unspecified atom stereocenters. The molecule has 8 heteroatoms. The van der Waals surface area contributed by atoms with E-state index in [0.29, 0.717) is 6.42 Å². The first-order valence-electron chi connectivity index (χ1n) is 8.17. The van der Waals surface area contributed by atoms with Crippen molar-refractivity contribution in [3.05, 3.63) is 17.0 Å². The molecule has 1 aromatic rings. The Morgan fingerprint density at radius 2 is 2.00 bits per heavy atom. The number of nitrogens with one attached hydrogen (secondary N) is 1. The predicted octanol–water partition coefficient (Wildman–Crippen LogP) is 0.995. The number of nitrogens with zero attached hydrogens (tertiary/aromatic N) is 2. The van der Waals surface area contributed by atoms with Gasteiger partial charge < -0.3 is 19.8 Å². The van der Waals surface area contributed by atoms with E-state index in [2.05, 4.69) is 10.5 Å². The Kier molecular flexibility index (Phi) is 5.94. The third-order valence-corrected chi connectivity index (χ3v) is 4.22. The molecule has 2 rings (SSSR count). The van der Waals surface area contributed by atoms with E-state index in [0.717, 1.165) is 37.0 Å². The number of aromatic nitrogens is 1. The molecule has 0 saturated heterocycles. The number of aryl methyl sites for hydroxylation is 1. The van der Waals surface area contributed by atoms with Crippen LogP contribution in [0, 0.1) is 0 Å². The largest absolute Gasteiger partial charge is 0.480 e. The number of fused-ring (bicyclic) bond motifs is 1. The molecule has 0 saturated carbocycles. The molecule has 1 heterocycles. The number of carbonyl (C=O) groups excluding carboxylic acids is 2. The van der Waals surface area contributed by atoms with Gasteiger partial charge in [-0.25, -0.2) is 4.79 Å². The second-order valence-corrected chi connectivity index (χ2v) is 5.99. The number of carbonyl (C=O) groups is 3. The zero-order valence-corrected chi connectivity index (χ0v) is 14.0. The molecule has 0 radical (unpaired) electrons. The van der Waals surface area contributed by atoms with Crippen LogP contribution in [-0.4, -0.2) is 52.1 Å². The number of rotatable bonds is 6. The maximum Gasteiger partial charge on any atom is 0.326 e. The van der Waals surface area contributed by atoms with Crippen molar-refractivity contribution in [3.63, 3.8) is 0 Å². The van der Waals surface area contributed by atoms with E-state index in [1.54, 1.807) is 0 Å². The van der Waals surface area contributed by atoms with Crippen LogP contribution in [0.25, 0.3) is 0 Å². The molecule has 0 bridgehead atoms. The average Bonchev–Trinajstić information content (AvgIpc) is 2.78. The molecule has 1 aliphatic carbocycles. The highest BCUT2D eigenvalue weighted by Gasteiger charge is 2.31. The number of carboxylic acid groups (broad SMARTS) is 1. The van der Waals surface area contributed by atoms with Crippen LogP contribution in [0.4, 0.5) is 0 Å². The summed E-state index contributed by atoms with van der Waals surface area (Å²) < 4.78 is 5.31. The third-order valence-electron chi connectivity index (χ3n) is 4.22. The SMILES string of the molecule is CC(=O)NCCN(C(=O)c1noc2c1CCCCC2)C(C)C(=O)O. The van der Waals surface area contributed by atoms with Crippen molar-refractivity contribution in [2.75, 3.05) is 13.1 Å². The van der Waals surface area contributed by atoms with Gasteiger partial charge in [-0.3, -0.25) is 9.59 Å². The smallest absolute Gasteiger partial charge is 0.326 e. The van der Waals surface area contributed by atoms with Crippen molar-refractivity contribution in [1.82, 2.24) is 15.4 Å². The van der Waals surface area contributed by atoms with Crippen LogP contribution in [0.2, 0.25) is 0 Å². The minimum absolute atomic E-state index is 0.0908. The Bertz CT molecular complexity index is 625. The van der Waals surface area contributed by atoms with Crippen LogP contribution in [0.3, 0.4) is 0 Å². The fraction of sp³-hybridized carbons (Fsp3) is 0.625. The summed E-state index contributed by atoms with van der Waals surface area (Å²) in [5, 5.41) is 15.7. The number of hydrogen-bond acceptors (Lipinski definition) is 5. The van der Waals surface area contributed by atoms with Gasteiger partial charge in [-0.2, -0.15) is 0 Å². The van der Waals surface area contributed by atoms with Gasteiger partial charge >= 0.3 is 5.97 Å². The molecule has 24 heavy (non-hydrogen) atoms. The summed E-state index contributed by atoms with van der Waals surface area (Å²) in [6.07, 6.45) is 4.47. The lowest BCUT2D eigenvalue weighted by Crippen LogP contribution is -2.47. The molecule has 1 aliphatic rings. The summed E-state index contributed by atoms with van der Waals surface area (Å²) in [7, 11) is 0. The number of aliphatic carboxylic acids is 1. The van der Waals surface area contributed by atoms with Gasteiger partial charge in [-0.1, -0.05) is 11.6 Å². The highest BCUT2D eigenvalue weighted by molar-refractivity contribution is 5.96. The lowest BCUT2D eigenvalue weighted by molar-refractivity contribution is -0.141. The lowest BCUT2D eigenvalue weighted by atomic mass is 10.1. The van der Waals surface area contributed by atoms with Crippen molar-refractivity contribution in [1.29, 1.82) is 0 Å². The Hall–Kier alpha value is -2.38. The summed E-state index contributed by atoms with van der Waals surface area (Å²) in [6, 6.07) is -1.02. The predicted molar refractivity (Wildman–Crippen MR) is 84.6 cm³/mol. The Balaban J connectivity index is 2.22. The number of hydrogen-bond donors (Lipinski definition) is 2. The minimum Gasteiger partial charge on any atom is -0.480 e. The topological polar surface area (TPSA) is 113 Å². The van der Waals surface area contributed by atoms with E-state index in [-0.39, 0.29) is 24.7 Å². The second-order valence-electron chi connectivity index (χ2n) is 5.99. The minimum atomic E-state index is -1.11. The average molecular weight is 337 g/mol. The molecule has 0 spiro atoms. The number of amides is 2. The van der Waals surface area contributed by atoms with Crippen molar-refractivity contribution < 1.29 is 24.0 Å². The van der Waals surface area contributed by atoms with Crippen molar-refractivity contribution in [2.45, 2.75) is 52.0 Å². The Morgan fingerprint density at radius 3 is 2.67 bits per heavy atom. The van der Waals surface area contributed by atoms with Crippen LogP contribution in [0.1, 0.15) is 54.9 Å². The molecule has 0 fully saturated rings. The van der Waals surface area contributed by atoms with Crippen molar-refractivity contribution in [2.24, 2.45) is 0 Å². The van der Waals surface area contributed by atoms with Gasteiger partial charge in [-0.15, -0.1) is 0 Å². The zero-order chi connectivity index (χ0) is 17.7.